The van der Waals surface area contributed by atoms with Crippen molar-refractivity contribution < 1.29 is 0 Å². The smallest absolute Gasteiger partial charge is 0.0991 e. The van der Waals surface area contributed by atoms with Gasteiger partial charge in [0.2, 0.25) is 0 Å². The monoisotopic (exact) mass is 206 g/mol. The summed E-state index contributed by atoms with van der Waals surface area (Å²) in [6, 6.07) is 21.0. The Morgan fingerprint density at radius 3 is 2.00 bits per heavy atom. The zero-order valence-corrected chi connectivity index (χ0v) is 8.98. The fourth-order valence-corrected chi connectivity index (χ4v) is 1.62. The highest BCUT2D eigenvalue weighted by Gasteiger charge is 1.95. The molecule has 0 aromatic heterocycles. The van der Waals surface area contributed by atoms with Crippen molar-refractivity contribution >= 4 is 0 Å². The second kappa shape index (κ2) is 5.14. The Bertz CT molecular complexity index is 477. The van der Waals surface area contributed by atoms with E-state index in [1.54, 1.807) is 0 Å². The van der Waals surface area contributed by atoms with Crippen LogP contribution in [-0.2, 0) is 12.8 Å². The van der Waals surface area contributed by atoms with Gasteiger partial charge >= 0.3 is 0 Å². The molecule has 2 aromatic carbocycles. The van der Waals surface area contributed by atoms with Gasteiger partial charge in [0.05, 0.1) is 11.6 Å². The largest absolute Gasteiger partial charge is 0.192 e. The van der Waals surface area contributed by atoms with Gasteiger partial charge in [-0.25, -0.2) is 0 Å². The van der Waals surface area contributed by atoms with Crippen LogP contribution >= 0.6 is 0 Å². The molecule has 2 aromatic rings. The highest BCUT2D eigenvalue weighted by molar-refractivity contribution is 5.32. The van der Waals surface area contributed by atoms with Crippen molar-refractivity contribution in [1.29, 1.82) is 5.26 Å². The van der Waals surface area contributed by atoms with Crippen LogP contribution in [0.4, 0.5) is 0 Å². The van der Waals surface area contributed by atoms with E-state index in [4.69, 9.17) is 5.26 Å². The van der Waals surface area contributed by atoms with E-state index in [1.165, 1.54) is 11.1 Å². The molecule has 0 heterocycles. The first-order chi connectivity index (χ1) is 7.88. The van der Waals surface area contributed by atoms with Crippen LogP contribution in [0.3, 0.4) is 0 Å². The third kappa shape index (κ3) is 2.71. The normalized spacial score (nSPS) is 9.69. The SMILES string of the molecule is N#Cc1ccc(CCc2cc[c]cc2)cc1. The third-order valence-corrected chi connectivity index (χ3v) is 2.57. The third-order valence-electron chi connectivity index (χ3n) is 2.57. The van der Waals surface area contributed by atoms with E-state index in [2.05, 4.69) is 24.3 Å². The van der Waals surface area contributed by atoms with Crippen molar-refractivity contribution in [3.63, 3.8) is 0 Å². The van der Waals surface area contributed by atoms with E-state index < -0.39 is 0 Å². The van der Waals surface area contributed by atoms with E-state index in [-0.39, 0.29) is 0 Å². The van der Waals surface area contributed by atoms with Crippen molar-refractivity contribution in [2.75, 3.05) is 0 Å². The number of rotatable bonds is 3. The maximum Gasteiger partial charge on any atom is 0.0991 e. The van der Waals surface area contributed by atoms with Crippen LogP contribution in [0.15, 0.2) is 48.5 Å². The Kier molecular flexibility index (Phi) is 3.35. The summed E-state index contributed by atoms with van der Waals surface area (Å²) in [4.78, 5) is 0. The van der Waals surface area contributed by atoms with Crippen LogP contribution in [0.5, 0.6) is 0 Å². The minimum atomic E-state index is 0.720. The first-order valence-electron chi connectivity index (χ1n) is 5.32. The highest BCUT2D eigenvalue weighted by Crippen LogP contribution is 2.08. The van der Waals surface area contributed by atoms with E-state index in [1.807, 2.05) is 36.4 Å². The molecule has 0 spiro atoms. The number of benzene rings is 2. The Labute approximate surface area is 96.0 Å². The summed E-state index contributed by atoms with van der Waals surface area (Å²) in [7, 11) is 0. The summed E-state index contributed by atoms with van der Waals surface area (Å²) < 4.78 is 0. The molecule has 0 aliphatic rings. The minimum absolute atomic E-state index is 0.720. The van der Waals surface area contributed by atoms with Gasteiger partial charge in [-0.15, -0.1) is 0 Å². The molecule has 1 nitrogen and oxygen atoms in total. The van der Waals surface area contributed by atoms with Gasteiger partial charge in [-0.1, -0.05) is 36.4 Å². The summed E-state index contributed by atoms with van der Waals surface area (Å²) in [6.07, 6.45) is 2.04. The summed E-state index contributed by atoms with van der Waals surface area (Å²) in [5.74, 6) is 0. The van der Waals surface area contributed by atoms with Crippen molar-refractivity contribution in [1.82, 2.24) is 0 Å². The topological polar surface area (TPSA) is 23.8 Å². The number of aryl methyl sites for hydroxylation is 2. The van der Waals surface area contributed by atoms with Gasteiger partial charge in [-0.3, -0.25) is 0 Å². The lowest BCUT2D eigenvalue weighted by atomic mass is 10.0. The van der Waals surface area contributed by atoms with E-state index in [0.29, 0.717) is 0 Å². The van der Waals surface area contributed by atoms with Gasteiger partial charge in [-0.05, 0) is 42.2 Å². The van der Waals surface area contributed by atoms with Gasteiger partial charge in [0.1, 0.15) is 0 Å². The molecule has 0 amide bonds. The van der Waals surface area contributed by atoms with Gasteiger partial charge in [0.15, 0.2) is 0 Å². The molecule has 16 heavy (non-hydrogen) atoms. The van der Waals surface area contributed by atoms with Crippen molar-refractivity contribution in [2.45, 2.75) is 12.8 Å². The lowest BCUT2D eigenvalue weighted by Gasteiger charge is -2.01. The minimum Gasteiger partial charge on any atom is -0.192 e. The molecular weight excluding hydrogens is 194 g/mol. The van der Waals surface area contributed by atoms with Crippen LogP contribution < -0.4 is 0 Å². The summed E-state index contributed by atoms with van der Waals surface area (Å²) >= 11 is 0. The molecular formula is C15H12N. The molecule has 0 atom stereocenters. The van der Waals surface area contributed by atoms with Crippen LogP contribution in [0.1, 0.15) is 16.7 Å². The van der Waals surface area contributed by atoms with E-state index >= 15 is 0 Å². The van der Waals surface area contributed by atoms with Crippen LogP contribution in [0, 0.1) is 17.4 Å². The average molecular weight is 206 g/mol. The molecule has 0 aliphatic carbocycles. The first-order valence-corrected chi connectivity index (χ1v) is 5.32. The molecule has 77 valence electrons. The summed E-state index contributed by atoms with van der Waals surface area (Å²) in [5.41, 5.74) is 3.31. The van der Waals surface area contributed by atoms with Gasteiger partial charge in [0.25, 0.3) is 0 Å². The van der Waals surface area contributed by atoms with E-state index in [0.717, 1.165) is 18.4 Å². The highest BCUT2D eigenvalue weighted by atomic mass is 14.2. The molecule has 0 unspecified atom stereocenters. The van der Waals surface area contributed by atoms with E-state index in [9.17, 15) is 0 Å². The Morgan fingerprint density at radius 2 is 1.44 bits per heavy atom. The Balaban J connectivity index is 1.98. The maximum atomic E-state index is 8.68. The fraction of sp³-hybridized carbons (Fsp3) is 0.133. The summed E-state index contributed by atoms with van der Waals surface area (Å²) in [6.45, 7) is 0. The Morgan fingerprint density at radius 1 is 0.875 bits per heavy atom. The fourth-order valence-electron chi connectivity index (χ4n) is 1.62. The second-order valence-corrected chi connectivity index (χ2v) is 3.72. The lowest BCUT2D eigenvalue weighted by Crippen LogP contribution is -1.90. The first kappa shape index (κ1) is 10.4. The molecule has 0 aliphatic heterocycles. The van der Waals surface area contributed by atoms with Gasteiger partial charge < -0.3 is 0 Å². The molecule has 1 heteroatoms. The molecule has 2 rings (SSSR count). The molecule has 0 fully saturated rings. The number of nitriles is 1. The van der Waals surface area contributed by atoms with Crippen molar-refractivity contribution in [2.24, 2.45) is 0 Å². The number of hydrogen-bond acceptors (Lipinski definition) is 1. The zero-order chi connectivity index (χ0) is 11.2. The summed E-state index contributed by atoms with van der Waals surface area (Å²) in [5, 5.41) is 8.68. The predicted octanol–water partition coefficient (Wildman–Crippen LogP) is 3.14. The van der Waals surface area contributed by atoms with Crippen LogP contribution in [0.2, 0.25) is 0 Å². The molecule has 0 saturated carbocycles. The molecule has 0 bridgehead atoms. The lowest BCUT2D eigenvalue weighted by molar-refractivity contribution is 0.960. The molecule has 1 radical (unpaired) electrons. The molecule has 0 saturated heterocycles. The Hall–Kier alpha value is -2.07. The molecule has 0 N–H and O–H groups in total. The second-order valence-electron chi connectivity index (χ2n) is 3.72. The van der Waals surface area contributed by atoms with Crippen molar-refractivity contribution in [3.8, 4) is 6.07 Å². The van der Waals surface area contributed by atoms with Crippen molar-refractivity contribution in [3.05, 3.63) is 71.3 Å². The number of nitrogens with zero attached hydrogens (tertiary/aromatic N) is 1. The van der Waals surface area contributed by atoms with Crippen LogP contribution in [0.25, 0.3) is 0 Å². The van der Waals surface area contributed by atoms with Crippen LogP contribution in [-0.4, -0.2) is 0 Å². The predicted molar refractivity (Wildman–Crippen MR) is 63.8 cm³/mol. The zero-order valence-electron chi connectivity index (χ0n) is 8.98. The number of hydrogen-bond donors (Lipinski definition) is 0. The average Bonchev–Trinajstić information content (AvgIpc) is 2.38. The quantitative estimate of drug-likeness (QED) is 0.756. The van der Waals surface area contributed by atoms with Gasteiger partial charge in [0, 0.05) is 0 Å². The standard InChI is InChI=1S/C15H12N/c16-12-15-10-8-14(9-11-15)7-6-13-4-2-1-3-5-13/h2-5,8-11H,6-7H2. The maximum absolute atomic E-state index is 8.68. The van der Waals surface area contributed by atoms with Gasteiger partial charge in [-0.2, -0.15) is 5.26 Å².